The van der Waals surface area contributed by atoms with Gasteiger partial charge in [-0.25, -0.2) is 13.9 Å². The van der Waals surface area contributed by atoms with E-state index >= 15 is 0 Å². The quantitative estimate of drug-likeness (QED) is 0.450. The first kappa shape index (κ1) is 23.6. The fraction of sp³-hybridized carbons (Fsp3) is 0.632. The molecule has 164 valence electrons. The Labute approximate surface area is 172 Å². The summed E-state index contributed by atoms with van der Waals surface area (Å²) in [5, 5.41) is 9.11. The average molecular weight is 430 g/mol. The number of methoxy groups -OCH3 is 1. The van der Waals surface area contributed by atoms with E-state index in [-0.39, 0.29) is 23.8 Å². The average Bonchev–Trinajstić information content (AvgIpc) is 2.72. The van der Waals surface area contributed by atoms with E-state index in [2.05, 4.69) is 0 Å². The Balaban J connectivity index is 2.54. The smallest absolute Gasteiger partial charge is 0.246 e. The summed E-state index contributed by atoms with van der Waals surface area (Å²) in [4.78, 5) is 14.2. The maximum Gasteiger partial charge on any atom is 0.246 e. The van der Waals surface area contributed by atoms with Crippen LogP contribution in [-0.4, -0.2) is 74.4 Å². The number of benzene rings is 1. The molecule has 1 aromatic rings. The lowest BCUT2D eigenvalue weighted by atomic mass is 10.0. The van der Waals surface area contributed by atoms with Gasteiger partial charge in [-0.15, -0.1) is 0 Å². The molecule has 0 aromatic heterocycles. The number of carbonyl (C=O) groups excluding carboxylic acids is 1. The second-order valence-corrected chi connectivity index (χ2v) is 9.50. The van der Waals surface area contributed by atoms with Crippen molar-refractivity contribution >= 4 is 15.9 Å². The van der Waals surface area contributed by atoms with Crippen molar-refractivity contribution in [2.75, 3.05) is 40.0 Å². The molecule has 29 heavy (non-hydrogen) atoms. The van der Waals surface area contributed by atoms with E-state index in [1.807, 2.05) is 18.7 Å². The molecule has 0 spiro atoms. The number of rotatable bonds is 9. The van der Waals surface area contributed by atoms with Crippen LogP contribution in [0, 0.1) is 5.92 Å². The molecule has 2 N–H and O–H groups in total. The van der Waals surface area contributed by atoms with Crippen molar-refractivity contribution in [2.24, 2.45) is 5.92 Å². The van der Waals surface area contributed by atoms with Gasteiger partial charge in [0.05, 0.1) is 37.3 Å². The monoisotopic (exact) mass is 429 g/mol. The lowest BCUT2D eigenvalue weighted by Crippen LogP contribution is -2.64. The van der Waals surface area contributed by atoms with Crippen molar-refractivity contribution in [2.45, 2.75) is 37.8 Å². The largest absolute Gasteiger partial charge is 0.497 e. The van der Waals surface area contributed by atoms with E-state index in [0.29, 0.717) is 32.1 Å². The molecular weight excluding hydrogens is 398 g/mol. The van der Waals surface area contributed by atoms with Crippen molar-refractivity contribution in [3.05, 3.63) is 24.3 Å². The van der Waals surface area contributed by atoms with Gasteiger partial charge in [-0.2, -0.15) is 4.31 Å². The Hall–Kier alpha value is -1.72. The summed E-state index contributed by atoms with van der Waals surface area (Å²) in [5.41, 5.74) is 0.458. The summed E-state index contributed by atoms with van der Waals surface area (Å²) in [6.45, 7) is 7.59. The topological polar surface area (TPSA) is 108 Å². The van der Waals surface area contributed by atoms with Gasteiger partial charge >= 0.3 is 0 Å². The number of ether oxygens (including phenoxy) is 2. The van der Waals surface area contributed by atoms with Gasteiger partial charge < -0.3 is 9.47 Å². The van der Waals surface area contributed by atoms with E-state index in [9.17, 15) is 13.2 Å². The predicted octanol–water partition coefficient (Wildman–Crippen LogP) is 1.29. The van der Waals surface area contributed by atoms with Crippen molar-refractivity contribution in [1.82, 2.24) is 14.7 Å². The summed E-state index contributed by atoms with van der Waals surface area (Å²) < 4.78 is 39.2. The molecule has 0 aliphatic carbocycles. The second-order valence-electron chi connectivity index (χ2n) is 7.63. The minimum absolute atomic E-state index is 0.0144. The van der Waals surface area contributed by atoms with Gasteiger partial charge in [0.1, 0.15) is 5.75 Å². The molecule has 1 aromatic carbocycles. The maximum absolute atomic E-state index is 13.7. The van der Waals surface area contributed by atoms with Gasteiger partial charge in [-0.3, -0.25) is 14.9 Å². The first-order valence-electron chi connectivity index (χ1n) is 9.57. The summed E-state index contributed by atoms with van der Waals surface area (Å²) in [5.74, 6) is -0.0896. The third kappa shape index (κ3) is 5.46. The van der Waals surface area contributed by atoms with Gasteiger partial charge in [0.25, 0.3) is 0 Å². The Morgan fingerprint density at radius 3 is 2.38 bits per heavy atom. The Kier molecular flexibility index (Phi) is 8.01. The summed E-state index contributed by atoms with van der Waals surface area (Å²) in [7, 11) is -2.44. The molecular formula is C19H31N3O6S. The van der Waals surface area contributed by atoms with Crippen LogP contribution in [0.2, 0.25) is 0 Å². The molecule has 1 amide bonds. The molecule has 0 saturated carbocycles. The van der Waals surface area contributed by atoms with Crippen LogP contribution in [0.1, 0.15) is 27.2 Å². The van der Waals surface area contributed by atoms with Crippen molar-refractivity contribution in [3.8, 4) is 5.75 Å². The molecule has 10 heteroatoms. The number of nitrogens with one attached hydrogen (secondary N) is 1. The maximum atomic E-state index is 13.7. The highest BCUT2D eigenvalue weighted by Crippen LogP contribution is 2.33. The zero-order chi connectivity index (χ0) is 21.7. The number of hydrogen-bond acceptors (Lipinski definition) is 7. The van der Waals surface area contributed by atoms with Gasteiger partial charge in [-0.1, -0.05) is 13.8 Å². The van der Waals surface area contributed by atoms with Gasteiger partial charge in [-0.05, 0) is 37.1 Å². The molecule has 1 fully saturated rings. The van der Waals surface area contributed by atoms with Crippen molar-refractivity contribution in [1.29, 1.82) is 0 Å². The number of carbonyl (C=O) groups is 1. The highest BCUT2D eigenvalue weighted by molar-refractivity contribution is 7.89. The van der Waals surface area contributed by atoms with Crippen LogP contribution in [0.5, 0.6) is 5.75 Å². The molecule has 1 heterocycles. The SMILES string of the molecule is COc1ccc(S(=O)(=O)N(CC(C)C)C(C)(CC(=O)NO)N2CCOCC2)cc1. The summed E-state index contributed by atoms with van der Waals surface area (Å²) in [6, 6.07) is 6.17. The number of hydrogen-bond donors (Lipinski definition) is 2. The highest BCUT2D eigenvalue weighted by atomic mass is 32.2. The summed E-state index contributed by atoms with van der Waals surface area (Å²) >= 11 is 0. The lowest BCUT2D eigenvalue weighted by Gasteiger charge is -2.49. The molecule has 1 saturated heterocycles. The van der Waals surface area contributed by atoms with E-state index in [1.54, 1.807) is 24.5 Å². The molecule has 1 atom stereocenters. The number of nitrogens with zero attached hydrogens (tertiary/aromatic N) is 2. The molecule has 0 bridgehead atoms. The fourth-order valence-corrected chi connectivity index (χ4v) is 5.43. The molecule has 1 aliphatic heterocycles. The molecule has 0 radical (unpaired) electrons. The first-order valence-corrected chi connectivity index (χ1v) is 11.0. The molecule has 1 unspecified atom stereocenters. The van der Waals surface area contributed by atoms with Gasteiger partial charge in [0.2, 0.25) is 15.9 Å². The fourth-order valence-electron chi connectivity index (χ4n) is 3.51. The second kappa shape index (κ2) is 9.86. The predicted molar refractivity (Wildman–Crippen MR) is 107 cm³/mol. The Morgan fingerprint density at radius 2 is 1.90 bits per heavy atom. The van der Waals surface area contributed by atoms with E-state index in [4.69, 9.17) is 14.7 Å². The van der Waals surface area contributed by atoms with E-state index < -0.39 is 21.6 Å². The number of morpholine rings is 1. The summed E-state index contributed by atoms with van der Waals surface area (Å²) in [6.07, 6.45) is -0.217. The van der Waals surface area contributed by atoms with Crippen LogP contribution in [-0.2, 0) is 19.6 Å². The first-order chi connectivity index (χ1) is 13.6. The van der Waals surface area contributed by atoms with Crippen LogP contribution >= 0.6 is 0 Å². The zero-order valence-electron chi connectivity index (χ0n) is 17.4. The lowest BCUT2D eigenvalue weighted by molar-refractivity contribution is -0.137. The van der Waals surface area contributed by atoms with Gasteiger partial charge in [0.15, 0.2) is 0 Å². The van der Waals surface area contributed by atoms with Crippen LogP contribution in [0.4, 0.5) is 0 Å². The van der Waals surface area contributed by atoms with E-state index in [1.165, 1.54) is 23.5 Å². The number of amides is 1. The molecule has 2 rings (SSSR count). The van der Waals surface area contributed by atoms with Crippen LogP contribution in [0.25, 0.3) is 0 Å². The van der Waals surface area contributed by atoms with Crippen molar-refractivity contribution < 1.29 is 27.9 Å². The minimum Gasteiger partial charge on any atom is -0.497 e. The van der Waals surface area contributed by atoms with E-state index in [0.717, 1.165) is 0 Å². The molecule has 1 aliphatic rings. The highest BCUT2D eigenvalue weighted by Gasteiger charge is 2.46. The minimum atomic E-state index is -3.95. The standard InChI is InChI=1S/C19H31N3O6S/c1-15(2)14-22(29(25,26)17-7-5-16(27-4)6-8-17)19(3,13-18(23)20-24)21-9-11-28-12-10-21/h5-8,15,24H,9-14H2,1-4H3,(H,20,23). The van der Waals surface area contributed by atoms with Crippen LogP contribution in [0.15, 0.2) is 29.2 Å². The van der Waals surface area contributed by atoms with Crippen LogP contribution < -0.4 is 10.2 Å². The molecule has 9 nitrogen and oxygen atoms in total. The number of sulfonamides is 1. The van der Waals surface area contributed by atoms with Crippen molar-refractivity contribution in [3.63, 3.8) is 0 Å². The van der Waals surface area contributed by atoms with Crippen LogP contribution in [0.3, 0.4) is 0 Å². The Bertz CT molecular complexity index is 778. The third-order valence-electron chi connectivity index (χ3n) is 5.03. The zero-order valence-corrected chi connectivity index (χ0v) is 18.2. The van der Waals surface area contributed by atoms with Gasteiger partial charge in [0, 0.05) is 19.6 Å². The number of hydroxylamine groups is 1. The normalized spacial score (nSPS) is 17.9. The Morgan fingerprint density at radius 1 is 1.31 bits per heavy atom. The third-order valence-corrected chi connectivity index (χ3v) is 7.02.